The van der Waals surface area contributed by atoms with Crippen molar-refractivity contribution in [2.45, 2.75) is 25.3 Å². The molecule has 1 aromatic heterocycles. The molecule has 0 aromatic carbocycles. The van der Waals surface area contributed by atoms with Gasteiger partial charge in [0, 0.05) is 6.54 Å². The predicted octanol–water partition coefficient (Wildman–Crippen LogP) is 3.17. The molecule has 0 spiro atoms. The van der Waals surface area contributed by atoms with Crippen LogP contribution in [0.2, 0.25) is 0 Å². The molecule has 0 fully saturated rings. The highest BCUT2D eigenvalue weighted by atomic mass is 79.9. The largest absolute Gasteiger partial charge is 0.369 e. The van der Waals surface area contributed by atoms with Crippen molar-refractivity contribution in [2.75, 3.05) is 17.6 Å². The second kappa shape index (κ2) is 6.24. The molecule has 0 saturated heterocycles. The van der Waals surface area contributed by atoms with Crippen LogP contribution in [0.15, 0.2) is 15.8 Å². The number of hydrogen-bond acceptors (Lipinski definition) is 4. The van der Waals surface area contributed by atoms with E-state index in [0.717, 1.165) is 34.0 Å². The second-order valence-electron chi connectivity index (χ2n) is 2.70. The maximum atomic E-state index is 4.20. The van der Waals surface area contributed by atoms with Crippen molar-refractivity contribution in [3.63, 3.8) is 0 Å². The molecule has 0 unspecified atom stereocenters. The Balaban J connectivity index is 2.78. The standard InChI is InChI=1S/C9H14BrN3S/c1-3-5-11-8-7(10)9(14-4-2)13-6-12-8/h6H,3-5H2,1-2H3,(H,11,12,13). The fourth-order valence-corrected chi connectivity index (χ4v) is 2.26. The van der Waals surface area contributed by atoms with Crippen LogP contribution in [0.4, 0.5) is 5.82 Å². The Morgan fingerprint density at radius 2 is 2.21 bits per heavy atom. The van der Waals surface area contributed by atoms with Gasteiger partial charge in [-0.15, -0.1) is 11.8 Å². The summed E-state index contributed by atoms with van der Waals surface area (Å²) in [5.74, 6) is 1.90. The van der Waals surface area contributed by atoms with Crippen LogP contribution < -0.4 is 5.32 Å². The van der Waals surface area contributed by atoms with Crippen LogP contribution in [0.3, 0.4) is 0 Å². The maximum absolute atomic E-state index is 4.20. The lowest BCUT2D eigenvalue weighted by Crippen LogP contribution is -2.03. The summed E-state index contributed by atoms with van der Waals surface area (Å²) in [6, 6.07) is 0. The molecule has 1 N–H and O–H groups in total. The van der Waals surface area contributed by atoms with Crippen molar-refractivity contribution in [1.29, 1.82) is 0 Å². The highest BCUT2D eigenvalue weighted by molar-refractivity contribution is 9.10. The number of nitrogens with one attached hydrogen (secondary N) is 1. The monoisotopic (exact) mass is 275 g/mol. The van der Waals surface area contributed by atoms with E-state index in [9.17, 15) is 0 Å². The topological polar surface area (TPSA) is 37.8 Å². The Kier molecular flexibility index (Phi) is 5.25. The van der Waals surface area contributed by atoms with E-state index in [0.29, 0.717) is 0 Å². The van der Waals surface area contributed by atoms with Gasteiger partial charge in [0.1, 0.15) is 17.2 Å². The molecule has 0 amide bonds. The SMILES string of the molecule is CCCNc1ncnc(SCC)c1Br. The van der Waals surface area contributed by atoms with E-state index >= 15 is 0 Å². The molecular weight excluding hydrogens is 262 g/mol. The Morgan fingerprint density at radius 1 is 1.43 bits per heavy atom. The molecule has 0 saturated carbocycles. The highest BCUT2D eigenvalue weighted by Crippen LogP contribution is 2.29. The molecule has 0 bridgehead atoms. The van der Waals surface area contributed by atoms with E-state index in [1.54, 1.807) is 18.1 Å². The van der Waals surface area contributed by atoms with Crippen molar-refractivity contribution in [3.8, 4) is 0 Å². The number of rotatable bonds is 5. The van der Waals surface area contributed by atoms with E-state index in [1.807, 2.05) is 0 Å². The third-order valence-electron chi connectivity index (χ3n) is 1.58. The highest BCUT2D eigenvalue weighted by Gasteiger charge is 2.07. The van der Waals surface area contributed by atoms with Crippen LogP contribution in [0.25, 0.3) is 0 Å². The molecule has 14 heavy (non-hydrogen) atoms. The number of nitrogens with zero attached hydrogens (tertiary/aromatic N) is 2. The number of anilines is 1. The molecule has 1 rings (SSSR count). The van der Waals surface area contributed by atoms with Gasteiger partial charge >= 0.3 is 0 Å². The minimum Gasteiger partial charge on any atom is -0.369 e. The maximum Gasteiger partial charge on any atom is 0.144 e. The zero-order chi connectivity index (χ0) is 10.4. The van der Waals surface area contributed by atoms with Crippen molar-refractivity contribution in [3.05, 3.63) is 10.8 Å². The van der Waals surface area contributed by atoms with E-state index in [1.165, 1.54) is 0 Å². The van der Waals surface area contributed by atoms with E-state index in [4.69, 9.17) is 0 Å². The fourth-order valence-electron chi connectivity index (χ4n) is 0.958. The quantitative estimate of drug-likeness (QED) is 0.662. The van der Waals surface area contributed by atoms with Gasteiger partial charge in [-0.1, -0.05) is 13.8 Å². The van der Waals surface area contributed by atoms with Crippen LogP contribution >= 0.6 is 27.7 Å². The minimum absolute atomic E-state index is 0.887. The lowest BCUT2D eigenvalue weighted by molar-refractivity contribution is 0.946. The summed E-state index contributed by atoms with van der Waals surface area (Å²) in [4.78, 5) is 8.38. The summed E-state index contributed by atoms with van der Waals surface area (Å²) in [6.45, 7) is 5.17. The number of thioether (sulfide) groups is 1. The number of halogens is 1. The second-order valence-corrected chi connectivity index (χ2v) is 4.75. The van der Waals surface area contributed by atoms with Crippen molar-refractivity contribution >= 4 is 33.5 Å². The molecule has 78 valence electrons. The van der Waals surface area contributed by atoms with Gasteiger partial charge in [0.25, 0.3) is 0 Å². The van der Waals surface area contributed by atoms with Crippen molar-refractivity contribution in [2.24, 2.45) is 0 Å². The first-order valence-electron chi connectivity index (χ1n) is 4.66. The average Bonchev–Trinajstić information content (AvgIpc) is 2.20. The van der Waals surface area contributed by atoms with Gasteiger partial charge in [-0.3, -0.25) is 0 Å². The van der Waals surface area contributed by atoms with Gasteiger partial charge < -0.3 is 5.32 Å². The first-order chi connectivity index (χ1) is 6.79. The molecule has 0 aliphatic carbocycles. The van der Waals surface area contributed by atoms with Crippen LogP contribution in [0.5, 0.6) is 0 Å². The first kappa shape index (κ1) is 11.8. The summed E-state index contributed by atoms with van der Waals surface area (Å²) in [5, 5.41) is 4.25. The van der Waals surface area contributed by atoms with Gasteiger partial charge in [-0.2, -0.15) is 0 Å². The molecule has 1 heterocycles. The molecule has 0 atom stereocenters. The molecule has 5 heteroatoms. The van der Waals surface area contributed by atoms with Crippen LogP contribution in [0.1, 0.15) is 20.3 Å². The van der Waals surface area contributed by atoms with Gasteiger partial charge in [0.15, 0.2) is 0 Å². The number of aromatic nitrogens is 2. The molecular formula is C9H14BrN3S. The fraction of sp³-hybridized carbons (Fsp3) is 0.556. The van der Waals surface area contributed by atoms with Gasteiger partial charge in [0.05, 0.1) is 4.47 Å². The average molecular weight is 276 g/mol. The van der Waals surface area contributed by atoms with E-state index in [2.05, 4.69) is 45.1 Å². The Bertz CT molecular complexity index is 293. The van der Waals surface area contributed by atoms with Crippen LogP contribution in [-0.2, 0) is 0 Å². The third-order valence-corrected chi connectivity index (χ3v) is 3.47. The Morgan fingerprint density at radius 3 is 2.86 bits per heavy atom. The summed E-state index contributed by atoms with van der Waals surface area (Å²) in [6.07, 6.45) is 2.69. The zero-order valence-electron chi connectivity index (χ0n) is 8.38. The Labute approximate surface area is 97.2 Å². The van der Waals surface area contributed by atoms with E-state index < -0.39 is 0 Å². The van der Waals surface area contributed by atoms with E-state index in [-0.39, 0.29) is 0 Å². The summed E-state index contributed by atoms with van der Waals surface area (Å²) >= 11 is 5.22. The normalized spacial score (nSPS) is 10.2. The lowest BCUT2D eigenvalue weighted by atomic mass is 10.4. The predicted molar refractivity (Wildman–Crippen MR) is 64.9 cm³/mol. The minimum atomic E-state index is 0.887. The van der Waals surface area contributed by atoms with Gasteiger partial charge in [0.2, 0.25) is 0 Å². The molecule has 3 nitrogen and oxygen atoms in total. The molecule has 0 radical (unpaired) electrons. The zero-order valence-corrected chi connectivity index (χ0v) is 10.8. The van der Waals surface area contributed by atoms with Crippen molar-refractivity contribution < 1.29 is 0 Å². The Hall–Kier alpha value is -0.290. The molecule has 0 aliphatic rings. The third kappa shape index (κ3) is 3.13. The first-order valence-corrected chi connectivity index (χ1v) is 6.44. The summed E-state index contributed by atoms with van der Waals surface area (Å²) < 4.78 is 0.973. The number of hydrogen-bond donors (Lipinski definition) is 1. The molecule has 0 aliphatic heterocycles. The summed E-state index contributed by atoms with van der Waals surface area (Å²) in [7, 11) is 0. The van der Waals surface area contributed by atoms with Gasteiger partial charge in [-0.25, -0.2) is 9.97 Å². The van der Waals surface area contributed by atoms with Gasteiger partial charge in [-0.05, 0) is 28.1 Å². The lowest BCUT2D eigenvalue weighted by Gasteiger charge is -2.08. The van der Waals surface area contributed by atoms with Crippen LogP contribution in [0, 0.1) is 0 Å². The smallest absolute Gasteiger partial charge is 0.144 e. The van der Waals surface area contributed by atoms with Crippen LogP contribution in [-0.4, -0.2) is 22.3 Å². The van der Waals surface area contributed by atoms with Crippen molar-refractivity contribution in [1.82, 2.24) is 9.97 Å². The molecule has 1 aromatic rings. The summed E-state index contributed by atoms with van der Waals surface area (Å²) in [5.41, 5.74) is 0.